The van der Waals surface area contributed by atoms with E-state index < -0.39 is 0 Å². The summed E-state index contributed by atoms with van der Waals surface area (Å²) < 4.78 is 7.22. The maximum atomic E-state index is 12.2. The lowest BCUT2D eigenvalue weighted by Gasteiger charge is -2.11. The first-order valence-electron chi connectivity index (χ1n) is 8.19. The molecule has 3 aromatic rings. The lowest BCUT2D eigenvalue weighted by atomic mass is 10.2. The van der Waals surface area contributed by atoms with Crippen molar-refractivity contribution in [3.63, 3.8) is 0 Å². The van der Waals surface area contributed by atoms with E-state index in [1.165, 1.54) is 0 Å². The van der Waals surface area contributed by atoms with Crippen molar-refractivity contribution in [2.45, 2.75) is 13.5 Å². The number of hydrogen-bond donors (Lipinski definition) is 1. The van der Waals surface area contributed by atoms with Gasteiger partial charge in [-0.3, -0.25) is 4.79 Å². The van der Waals surface area contributed by atoms with Crippen molar-refractivity contribution in [2.24, 2.45) is 0 Å². The Labute approximate surface area is 147 Å². The number of nitrogens with zero attached hydrogens (tertiary/aromatic N) is 2. The molecule has 1 aromatic heterocycles. The summed E-state index contributed by atoms with van der Waals surface area (Å²) in [5.41, 5.74) is 2.75. The van der Waals surface area contributed by atoms with E-state index >= 15 is 0 Å². The molecule has 3 rings (SSSR count). The van der Waals surface area contributed by atoms with E-state index in [-0.39, 0.29) is 5.91 Å². The third kappa shape index (κ3) is 3.88. The molecule has 1 amide bonds. The van der Waals surface area contributed by atoms with Crippen LogP contribution in [0.2, 0.25) is 0 Å². The van der Waals surface area contributed by atoms with Crippen LogP contribution in [0.4, 0.5) is 0 Å². The van der Waals surface area contributed by atoms with Gasteiger partial charge in [-0.1, -0.05) is 30.3 Å². The highest BCUT2D eigenvalue weighted by Gasteiger charge is 2.10. The predicted molar refractivity (Wildman–Crippen MR) is 97.7 cm³/mol. The Morgan fingerprint density at radius 3 is 2.52 bits per heavy atom. The molecule has 1 N–H and O–H groups in total. The first-order valence-corrected chi connectivity index (χ1v) is 8.19. The van der Waals surface area contributed by atoms with Gasteiger partial charge in [-0.05, 0) is 31.2 Å². The average molecular weight is 335 g/mol. The molecule has 0 aliphatic carbocycles. The van der Waals surface area contributed by atoms with Crippen molar-refractivity contribution in [1.29, 1.82) is 0 Å². The van der Waals surface area contributed by atoms with Crippen LogP contribution in [0.25, 0.3) is 11.4 Å². The van der Waals surface area contributed by atoms with Crippen molar-refractivity contribution in [1.82, 2.24) is 14.9 Å². The number of ether oxygens (including phenoxy) is 1. The van der Waals surface area contributed by atoms with E-state index in [1.807, 2.05) is 43.5 Å². The smallest absolute Gasteiger partial charge is 0.251 e. The van der Waals surface area contributed by atoms with Crippen LogP contribution in [-0.2, 0) is 6.54 Å². The average Bonchev–Trinajstić information content (AvgIpc) is 3.03. The molecular weight excluding hydrogens is 314 g/mol. The Morgan fingerprint density at radius 1 is 1.12 bits per heavy atom. The van der Waals surface area contributed by atoms with Crippen molar-refractivity contribution < 1.29 is 9.53 Å². The highest BCUT2D eigenvalue weighted by molar-refractivity contribution is 5.94. The van der Waals surface area contributed by atoms with Crippen LogP contribution in [0, 0.1) is 6.92 Å². The van der Waals surface area contributed by atoms with E-state index in [9.17, 15) is 4.79 Å². The Hall–Kier alpha value is -3.08. The normalized spacial score (nSPS) is 10.5. The zero-order chi connectivity index (χ0) is 17.6. The summed E-state index contributed by atoms with van der Waals surface area (Å²) in [5, 5.41) is 2.95. The molecule has 0 atom stereocenters. The van der Waals surface area contributed by atoms with Gasteiger partial charge in [0.15, 0.2) is 0 Å². The number of benzene rings is 2. The zero-order valence-electron chi connectivity index (χ0n) is 14.4. The predicted octanol–water partition coefficient (Wildman–Crippen LogP) is 3.30. The molecule has 0 saturated heterocycles. The van der Waals surface area contributed by atoms with Crippen molar-refractivity contribution >= 4 is 5.91 Å². The third-order valence-corrected chi connectivity index (χ3v) is 4.06. The van der Waals surface area contributed by atoms with Crippen LogP contribution in [0.5, 0.6) is 5.75 Å². The first-order chi connectivity index (χ1) is 12.2. The van der Waals surface area contributed by atoms with Crippen LogP contribution in [0.1, 0.15) is 16.1 Å². The molecule has 5 heteroatoms. The number of imidazole rings is 1. The molecule has 0 bridgehead atoms. The van der Waals surface area contributed by atoms with Crippen LogP contribution in [0.15, 0.2) is 60.8 Å². The lowest BCUT2D eigenvalue weighted by Crippen LogP contribution is -2.27. The van der Waals surface area contributed by atoms with Gasteiger partial charge in [0.2, 0.25) is 0 Å². The van der Waals surface area contributed by atoms with E-state index in [1.54, 1.807) is 31.4 Å². The Morgan fingerprint density at radius 2 is 1.84 bits per heavy atom. The molecule has 5 nitrogen and oxygen atoms in total. The number of aromatic nitrogens is 2. The van der Waals surface area contributed by atoms with Crippen molar-refractivity contribution in [3.8, 4) is 17.1 Å². The van der Waals surface area contributed by atoms with Crippen molar-refractivity contribution in [2.75, 3.05) is 13.7 Å². The van der Waals surface area contributed by atoms with Gasteiger partial charge in [-0.15, -0.1) is 0 Å². The van der Waals surface area contributed by atoms with Crippen LogP contribution >= 0.6 is 0 Å². The van der Waals surface area contributed by atoms with Gasteiger partial charge in [-0.2, -0.15) is 0 Å². The number of nitrogens with one attached hydrogen (secondary N) is 1. The zero-order valence-corrected chi connectivity index (χ0v) is 14.4. The summed E-state index contributed by atoms with van der Waals surface area (Å²) in [7, 11) is 1.60. The van der Waals surface area contributed by atoms with E-state index in [0.29, 0.717) is 18.7 Å². The van der Waals surface area contributed by atoms with E-state index in [4.69, 9.17) is 4.74 Å². The number of hydrogen-bond acceptors (Lipinski definition) is 3. The summed E-state index contributed by atoms with van der Waals surface area (Å²) in [5.74, 6) is 1.55. The van der Waals surface area contributed by atoms with E-state index in [0.717, 1.165) is 22.8 Å². The molecule has 0 fully saturated rings. The molecule has 0 aliphatic rings. The Kier molecular flexibility index (Phi) is 5.14. The Balaban J connectivity index is 1.64. The molecule has 0 saturated carbocycles. The number of methoxy groups -OCH3 is 1. The maximum Gasteiger partial charge on any atom is 0.251 e. The van der Waals surface area contributed by atoms with Gasteiger partial charge in [0.05, 0.1) is 7.11 Å². The third-order valence-electron chi connectivity index (χ3n) is 4.06. The second kappa shape index (κ2) is 7.66. The summed E-state index contributed by atoms with van der Waals surface area (Å²) >= 11 is 0. The molecule has 1 heterocycles. The number of rotatable bonds is 6. The molecule has 0 spiro atoms. The van der Waals surface area contributed by atoms with Crippen molar-refractivity contribution in [3.05, 3.63) is 72.1 Å². The second-order valence-corrected chi connectivity index (χ2v) is 5.73. The minimum Gasteiger partial charge on any atom is -0.497 e. The molecule has 0 radical (unpaired) electrons. The minimum absolute atomic E-state index is 0.0957. The Bertz CT molecular complexity index is 839. The van der Waals surface area contributed by atoms with Gasteiger partial charge in [0.25, 0.3) is 5.91 Å². The molecule has 0 aliphatic heterocycles. The highest BCUT2D eigenvalue weighted by atomic mass is 16.5. The SMILES string of the molecule is COc1ccc(C(=O)NCCn2c(C)cnc2-c2ccccc2)cc1. The largest absolute Gasteiger partial charge is 0.497 e. The van der Waals surface area contributed by atoms with Gasteiger partial charge in [0.1, 0.15) is 11.6 Å². The van der Waals surface area contributed by atoms with Gasteiger partial charge < -0.3 is 14.6 Å². The maximum absolute atomic E-state index is 12.2. The summed E-state index contributed by atoms with van der Waals surface area (Å²) in [6.07, 6.45) is 1.85. The summed E-state index contributed by atoms with van der Waals surface area (Å²) in [6.45, 7) is 3.21. The monoisotopic (exact) mass is 335 g/mol. The van der Waals surface area contributed by atoms with Crippen LogP contribution in [-0.4, -0.2) is 29.1 Å². The summed E-state index contributed by atoms with van der Waals surface area (Å²) in [4.78, 5) is 16.7. The van der Waals surface area contributed by atoms with Crippen LogP contribution < -0.4 is 10.1 Å². The second-order valence-electron chi connectivity index (χ2n) is 5.73. The first kappa shape index (κ1) is 16.8. The molecule has 25 heavy (non-hydrogen) atoms. The number of amides is 1. The molecule has 2 aromatic carbocycles. The fourth-order valence-electron chi connectivity index (χ4n) is 2.69. The minimum atomic E-state index is -0.0957. The molecule has 128 valence electrons. The number of carbonyl (C=O) groups is 1. The van der Waals surface area contributed by atoms with Crippen LogP contribution in [0.3, 0.4) is 0 Å². The number of carbonyl (C=O) groups excluding carboxylic acids is 1. The molecule has 0 unspecified atom stereocenters. The van der Waals surface area contributed by atoms with Gasteiger partial charge in [0, 0.05) is 36.1 Å². The quantitative estimate of drug-likeness (QED) is 0.752. The highest BCUT2D eigenvalue weighted by Crippen LogP contribution is 2.18. The molecular formula is C20H21N3O2. The summed E-state index contributed by atoms with van der Waals surface area (Å²) in [6, 6.07) is 17.1. The number of aryl methyl sites for hydroxylation is 1. The topological polar surface area (TPSA) is 56.1 Å². The fraction of sp³-hybridized carbons (Fsp3) is 0.200. The van der Waals surface area contributed by atoms with Gasteiger partial charge in [-0.25, -0.2) is 4.98 Å². The fourth-order valence-corrected chi connectivity index (χ4v) is 2.69. The standard InChI is InChI=1S/C20H21N3O2/c1-15-14-22-19(16-6-4-3-5-7-16)23(15)13-12-21-20(24)17-8-10-18(25-2)11-9-17/h3-11,14H,12-13H2,1-2H3,(H,21,24). The lowest BCUT2D eigenvalue weighted by molar-refractivity contribution is 0.0952. The van der Waals surface area contributed by atoms with E-state index in [2.05, 4.69) is 14.9 Å². The van der Waals surface area contributed by atoms with Gasteiger partial charge >= 0.3 is 0 Å².